The number of hydrogen-bond donors (Lipinski definition) is 2. The van der Waals surface area contributed by atoms with Crippen LogP contribution in [-0.4, -0.2) is 25.1 Å². The van der Waals surface area contributed by atoms with Crippen LogP contribution < -0.4 is 10.6 Å². The number of guanidine groups is 1. The summed E-state index contributed by atoms with van der Waals surface area (Å²) < 4.78 is 10.3. The van der Waals surface area contributed by atoms with Gasteiger partial charge >= 0.3 is 5.97 Å². The number of hydrogen-bond acceptors (Lipinski definition) is 4. The van der Waals surface area contributed by atoms with Gasteiger partial charge < -0.3 is 19.8 Å². The molecular formula is C18H24IN3O3. The van der Waals surface area contributed by atoms with Crippen LogP contribution in [0.5, 0.6) is 0 Å². The van der Waals surface area contributed by atoms with E-state index in [-0.39, 0.29) is 29.9 Å². The number of rotatable bonds is 7. The van der Waals surface area contributed by atoms with Crippen LogP contribution in [0.15, 0.2) is 52.1 Å². The fraction of sp³-hybridized carbons (Fsp3) is 0.333. The molecule has 6 nitrogen and oxygen atoms in total. The lowest BCUT2D eigenvalue weighted by atomic mass is 10.1. The highest BCUT2D eigenvalue weighted by Crippen LogP contribution is 2.07. The number of nitrogens with one attached hydrogen (secondary N) is 2. The van der Waals surface area contributed by atoms with Crippen molar-refractivity contribution in [3.8, 4) is 0 Å². The zero-order valence-electron chi connectivity index (χ0n) is 14.5. The lowest BCUT2D eigenvalue weighted by Gasteiger charge is -2.10. The molecule has 0 unspecified atom stereocenters. The Bertz CT molecular complexity index is 655. The van der Waals surface area contributed by atoms with E-state index in [0.717, 1.165) is 17.9 Å². The van der Waals surface area contributed by atoms with Crippen LogP contribution in [0.4, 0.5) is 0 Å². The molecule has 0 spiro atoms. The normalized spacial score (nSPS) is 10.7. The lowest BCUT2D eigenvalue weighted by Crippen LogP contribution is -2.36. The number of aliphatic imine (C=N–C) groups is 1. The molecule has 7 heteroatoms. The molecule has 0 fully saturated rings. The molecule has 1 heterocycles. The summed E-state index contributed by atoms with van der Waals surface area (Å²) in [5.74, 6) is 1.25. The molecule has 2 N–H and O–H groups in total. The minimum absolute atomic E-state index is 0. The highest BCUT2D eigenvalue weighted by molar-refractivity contribution is 14.0. The van der Waals surface area contributed by atoms with E-state index in [0.29, 0.717) is 31.2 Å². The van der Waals surface area contributed by atoms with Gasteiger partial charge in [0.1, 0.15) is 5.76 Å². The first kappa shape index (κ1) is 21.0. The molecule has 0 saturated carbocycles. The number of furan rings is 1. The zero-order valence-corrected chi connectivity index (χ0v) is 16.8. The van der Waals surface area contributed by atoms with Gasteiger partial charge in [0.15, 0.2) is 5.96 Å². The summed E-state index contributed by atoms with van der Waals surface area (Å²) in [5.41, 5.74) is 1.56. The maximum atomic E-state index is 11.6. The summed E-state index contributed by atoms with van der Waals surface area (Å²) in [6.45, 7) is 6.03. The number of nitrogens with zero attached hydrogens (tertiary/aromatic N) is 1. The van der Waals surface area contributed by atoms with Crippen LogP contribution in [0.25, 0.3) is 0 Å². The zero-order chi connectivity index (χ0) is 17.2. The Morgan fingerprint density at radius 1 is 1.16 bits per heavy atom. The molecule has 1 aromatic carbocycles. The van der Waals surface area contributed by atoms with Crippen LogP contribution in [0.1, 0.15) is 35.5 Å². The van der Waals surface area contributed by atoms with Gasteiger partial charge in [0.25, 0.3) is 0 Å². The summed E-state index contributed by atoms with van der Waals surface area (Å²) in [7, 11) is 0. The standard InChI is InChI=1S/C18H23N3O3.HI/c1-3-19-18(21-13-16-6-5-11-24-16)20-12-14-7-9-15(10-8-14)17(22)23-4-2;/h5-11H,3-4,12-13H2,1-2H3,(H2,19,20,21);1H. The third kappa shape index (κ3) is 7.16. The maximum absolute atomic E-state index is 11.6. The Hall–Kier alpha value is -2.03. The minimum Gasteiger partial charge on any atom is -0.467 e. The molecule has 0 atom stereocenters. The van der Waals surface area contributed by atoms with E-state index in [2.05, 4.69) is 15.6 Å². The number of esters is 1. The van der Waals surface area contributed by atoms with Gasteiger partial charge in [-0.15, -0.1) is 24.0 Å². The molecule has 25 heavy (non-hydrogen) atoms. The molecule has 0 saturated heterocycles. The lowest BCUT2D eigenvalue weighted by molar-refractivity contribution is 0.0526. The van der Waals surface area contributed by atoms with E-state index in [1.165, 1.54) is 0 Å². The number of halogens is 1. The van der Waals surface area contributed by atoms with Crippen molar-refractivity contribution in [3.63, 3.8) is 0 Å². The van der Waals surface area contributed by atoms with Crippen molar-refractivity contribution in [2.45, 2.75) is 26.9 Å². The van der Waals surface area contributed by atoms with Gasteiger partial charge in [-0.05, 0) is 43.7 Å². The predicted octanol–water partition coefficient (Wildman–Crippen LogP) is 3.33. The van der Waals surface area contributed by atoms with E-state index >= 15 is 0 Å². The van der Waals surface area contributed by atoms with Crippen molar-refractivity contribution in [3.05, 3.63) is 59.5 Å². The van der Waals surface area contributed by atoms with Crippen molar-refractivity contribution in [2.75, 3.05) is 13.2 Å². The van der Waals surface area contributed by atoms with E-state index < -0.39 is 0 Å². The third-order valence-corrected chi connectivity index (χ3v) is 3.24. The third-order valence-electron chi connectivity index (χ3n) is 3.24. The molecule has 2 rings (SSSR count). The summed E-state index contributed by atoms with van der Waals surface area (Å²) in [6, 6.07) is 11.0. The van der Waals surface area contributed by atoms with Crippen LogP contribution in [0.3, 0.4) is 0 Å². The Morgan fingerprint density at radius 2 is 1.92 bits per heavy atom. The first-order valence-corrected chi connectivity index (χ1v) is 8.03. The van der Waals surface area contributed by atoms with Gasteiger partial charge in [-0.1, -0.05) is 12.1 Å². The Morgan fingerprint density at radius 3 is 2.52 bits per heavy atom. The van der Waals surface area contributed by atoms with E-state index in [4.69, 9.17) is 9.15 Å². The Kier molecular flexibility index (Phi) is 9.68. The number of carbonyl (C=O) groups excluding carboxylic acids is 1. The van der Waals surface area contributed by atoms with Crippen LogP contribution in [-0.2, 0) is 17.8 Å². The van der Waals surface area contributed by atoms with Crippen molar-refractivity contribution in [2.24, 2.45) is 4.99 Å². The van der Waals surface area contributed by atoms with E-state index in [1.54, 1.807) is 25.3 Å². The first-order chi connectivity index (χ1) is 11.7. The summed E-state index contributed by atoms with van der Waals surface area (Å²) in [6.07, 6.45) is 1.65. The van der Waals surface area contributed by atoms with Crippen molar-refractivity contribution >= 4 is 35.9 Å². The summed E-state index contributed by atoms with van der Waals surface area (Å²) >= 11 is 0. The Labute approximate surface area is 165 Å². The highest BCUT2D eigenvalue weighted by Gasteiger charge is 2.05. The average Bonchev–Trinajstić information content (AvgIpc) is 3.11. The van der Waals surface area contributed by atoms with Crippen LogP contribution in [0, 0.1) is 0 Å². The second-order valence-electron chi connectivity index (χ2n) is 5.05. The Balaban J connectivity index is 0.00000312. The number of ether oxygens (including phenoxy) is 1. The quantitative estimate of drug-likeness (QED) is 0.289. The molecule has 0 aliphatic rings. The predicted molar refractivity (Wildman–Crippen MR) is 108 cm³/mol. The summed E-state index contributed by atoms with van der Waals surface area (Å²) in [5, 5.41) is 6.40. The van der Waals surface area contributed by atoms with Crippen LogP contribution >= 0.6 is 24.0 Å². The molecular weight excluding hydrogens is 433 g/mol. The van der Waals surface area contributed by atoms with Gasteiger partial charge in [-0.25, -0.2) is 9.79 Å². The minimum atomic E-state index is -0.305. The molecule has 0 aliphatic carbocycles. The van der Waals surface area contributed by atoms with Crippen molar-refractivity contribution in [1.82, 2.24) is 10.6 Å². The second-order valence-corrected chi connectivity index (χ2v) is 5.05. The van der Waals surface area contributed by atoms with Gasteiger partial charge in [0.05, 0.1) is 31.5 Å². The van der Waals surface area contributed by atoms with Gasteiger partial charge in [0.2, 0.25) is 0 Å². The first-order valence-electron chi connectivity index (χ1n) is 8.03. The number of carbonyl (C=O) groups is 1. The van der Waals surface area contributed by atoms with Crippen LogP contribution in [0.2, 0.25) is 0 Å². The topological polar surface area (TPSA) is 75.9 Å². The molecule has 0 aliphatic heterocycles. The molecule has 0 bridgehead atoms. The van der Waals surface area contributed by atoms with Crippen molar-refractivity contribution < 1.29 is 13.9 Å². The second kappa shape index (κ2) is 11.5. The fourth-order valence-electron chi connectivity index (χ4n) is 2.06. The highest BCUT2D eigenvalue weighted by atomic mass is 127. The SMILES string of the molecule is CCNC(=NCc1ccc(C(=O)OCC)cc1)NCc1ccco1.I. The molecule has 0 radical (unpaired) electrons. The van der Waals surface area contributed by atoms with Gasteiger partial charge in [-0.3, -0.25) is 0 Å². The van der Waals surface area contributed by atoms with Gasteiger partial charge in [0, 0.05) is 6.54 Å². The fourth-order valence-corrected chi connectivity index (χ4v) is 2.06. The van der Waals surface area contributed by atoms with Crippen molar-refractivity contribution in [1.29, 1.82) is 0 Å². The van der Waals surface area contributed by atoms with E-state index in [9.17, 15) is 4.79 Å². The monoisotopic (exact) mass is 457 g/mol. The number of benzene rings is 1. The average molecular weight is 457 g/mol. The summed E-state index contributed by atoms with van der Waals surface area (Å²) in [4.78, 5) is 16.2. The largest absolute Gasteiger partial charge is 0.467 e. The molecule has 0 amide bonds. The van der Waals surface area contributed by atoms with E-state index in [1.807, 2.05) is 31.2 Å². The molecule has 2 aromatic rings. The smallest absolute Gasteiger partial charge is 0.338 e. The molecule has 136 valence electrons. The molecule has 1 aromatic heterocycles. The maximum Gasteiger partial charge on any atom is 0.338 e. The van der Waals surface area contributed by atoms with Gasteiger partial charge in [-0.2, -0.15) is 0 Å².